The number of aromatic amines is 1. The van der Waals surface area contributed by atoms with Gasteiger partial charge in [0.1, 0.15) is 15.4 Å². The molecule has 0 aliphatic carbocycles. The van der Waals surface area contributed by atoms with Gasteiger partial charge in [0.25, 0.3) is 5.91 Å². The zero-order valence-corrected chi connectivity index (χ0v) is 15.9. The number of para-hydroxylation sites is 1. The monoisotopic (exact) mass is 384 g/mol. The van der Waals surface area contributed by atoms with E-state index >= 15 is 0 Å². The Morgan fingerprint density at radius 1 is 1.07 bits per heavy atom. The van der Waals surface area contributed by atoms with Crippen LogP contribution in [-0.4, -0.2) is 20.9 Å². The van der Waals surface area contributed by atoms with Crippen LogP contribution in [0, 0.1) is 6.92 Å². The average Bonchev–Trinajstić information content (AvgIpc) is 3.33. The van der Waals surface area contributed by atoms with Gasteiger partial charge in [0.05, 0.1) is 5.56 Å². The number of hydrogen-bond donors (Lipinski definition) is 2. The summed E-state index contributed by atoms with van der Waals surface area (Å²) >= 11 is 1.55. The molecule has 0 atom stereocenters. The highest BCUT2D eigenvalue weighted by molar-refractivity contribution is 7.21. The van der Waals surface area contributed by atoms with Gasteiger partial charge in [-0.1, -0.05) is 41.7 Å². The van der Waals surface area contributed by atoms with Gasteiger partial charge >= 0.3 is 0 Å². The third-order valence-electron chi connectivity index (χ3n) is 4.81. The zero-order chi connectivity index (χ0) is 19.1. The summed E-state index contributed by atoms with van der Waals surface area (Å²) in [6.45, 7) is 2.00. The second-order valence-corrected chi connectivity index (χ2v) is 7.50. The van der Waals surface area contributed by atoms with E-state index in [1.165, 1.54) is 0 Å². The first-order valence-electron chi connectivity index (χ1n) is 8.90. The SMILES string of the molecule is Cc1c(NC(=O)c2c[nH]c3ccccc23)cccc1-c1nc2cccnc2s1. The molecule has 0 fully saturated rings. The number of nitrogens with one attached hydrogen (secondary N) is 2. The molecule has 5 rings (SSSR count). The van der Waals surface area contributed by atoms with Crippen LogP contribution in [0.4, 0.5) is 5.69 Å². The number of hydrogen-bond acceptors (Lipinski definition) is 4. The molecule has 0 spiro atoms. The van der Waals surface area contributed by atoms with Crippen LogP contribution in [0.15, 0.2) is 67.0 Å². The highest BCUT2D eigenvalue weighted by Gasteiger charge is 2.16. The van der Waals surface area contributed by atoms with E-state index in [1.54, 1.807) is 23.7 Å². The van der Waals surface area contributed by atoms with Crippen molar-refractivity contribution >= 4 is 44.2 Å². The summed E-state index contributed by atoms with van der Waals surface area (Å²) in [6.07, 6.45) is 3.52. The van der Waals surface area contributed by atoms with E-state index in [4.69, 9.17) is 4.98 Å². The topological polar surface area (TPSA) is 70.7 Å². The molecule has 136 valence electrons. The Morgan fingerprint density at radius 2 is 1.96 bits per heavy atom. The lowest BCUT2D eigenvalue weighted by Gasteiger charge is -2.11. The Morgan fingerprint density at radius 3 is 2.86 bits per heavy atom. The van der Waals surface area contributed by atoms with Gasteiger partial charge in [0.2, 0.25) is 0 Å². The lowest BCUT2D eigenvalue weighted by atomic mass is 10.1. The maximum Gasteiger partial charge on any atom is 0.257 e. The summed E-state index contributed by atoms with van der Waals surface area (Å²) < 4.78 is 0. The van der Waals surface area contributed by atoms with Crippen molar-refractivity contribution in [1.29, 1.82) is 0 Å². The van der Waals surface area contributed by atoms with Gasteiger partial charge in [-0.3, -0.25) is 4.79 Å². The first-order chi connectivity index (χ1) is 13.7. The minimum Gasteiger partial charge on any atom is -0.360 e. The van der Waals surface area contributed by atoms with E-state index < -0.39 is 0 Å². The van der Waals surface area contributed by atoms with E-state index in [0.717, 1.165) is 43.1 Å². The first kappa shape index (κ1) is 16.6. The number of nitrogens with zero attached hydrogens (tertiary/aromatic N) is 2. The molecule has 0 aliphatic rings. The van der Waals surface area contributed by atoms with Crippen molar-refractivity contribution in [2.24, 2.45) is 0 Å². The maximum atomic E-state index is 12.9. The van der Waals surface area contributed by atoms with Crippen LogP contribution in [0.5, 0.6) is 0 Å². The summed E-state index contributed by atoms with van der Waals surface area (Å²) in [6, 6.07) is 17.5. The molecule has 2 aromatic carbocycles. The van der Waals surface area contributed by atoms with Gasteiger partial charge in [0, 0.05) is 34.5 Å². The average molecular weight is 384 g/mol. The Hall–Kier alpha value is -3.51. The van der Waals surface area contributed by atoms with Crippen molar-refractivity contribution < 1.29 is 4.79 Å². The van der Waals surface area contributed by atoms with Gasteiger partial charge < -0.3 is 10.3 Å². The highest BCUT2D eigenvalue weighted by Crippen LogP contribution is 2.34. The van der Waals surface area contributed by atoms with E-state index in [2.05, 4.69) is 15.3 Å². The molecule has 5 nitrogen and oxygen atoms in total. The molecule has 6 heteroatoms. The van der Waals surface area contributed by atoms with E-state index in [1.807, 2.05) is 61.5 Å². The number of anilines is 1. The fraction of sp³-hybridized carbons (Fsp3) is 0.0455. The quantitative estimate of drug-likeness (QED) is 0.437. The standard InChI is InChI=1S/C22H16N4OS/c1-13-14(21-26-19-10-5-11-23-22(19)28-21)7-4-9-17(13)25-20(27)16-12-24-18-8-3-2-6-15(16)18/h2-12,24H,1H3,(H,25,27). The van der Waals surface area contributed by atoms with Gasteiger partial charge in [0.15, 0.2) is 0 Å². The number of aromatic nitrogens is 3. The van der Waals surface area contributed by atoms with Crippen LogP contribution < -0.4 is 5.32 Å². The molecule has 3 heterocycles. The van der Waals surface area contributed by atoms with Crippen LogP contribution in [-0.2, 0) is 0 Å². The van der Waals surface area contributed by atoms with Crippen LogP contribution in [0.25, 0.3) is 31.8 Å². The number of fused-ring (bicyclic) bond motifs is 2. The zero-order valence-electron chi connectivity index (χ0n) is 15.1. The Bertz CT molecular complexity index is 1300. The molecule has 1 amide bonds. The molecule has 0 saturated heterocycles. The van der Waals surface area contributed by atoms with Gasteiger partial charge in [-0.05, 0) is 36.8 Å². The van der Waals surface area contributed by atoms with Crippen LogP contribution >= 0.6 is 11.3 Å². The number of carbonyl (C=O) groups is 1. The third kappa shape index (κ3) is 2.75. The van der Waals surface area contributed by atoms with Crippen molar-refractivity contribution in [1.82, 2.24) is 15.0 Å². The molecular formula is C22H16N4OS. The van der Waals surface area contributed by atoms with E-state index in [0.29, 0.717) is 5.56 Å². The van der Waals surface area contributed by atoms with Crippen molar-refractivity contribution in [2.75, 3.05) is 5.32 Å². The summed E-state index contributed by atoms with van der Waals surface area (Å²) in [5.74, 6) is -0.135. The predicted octanol–water partition coefficient (Wildman–Crippen LogP) is 5.40. The molecule has 2 N–H and O–H groups in total. The van der Waals surface area contributed by atoms with Crippen molar-refractivity contribution in [3.8, 4) is 10.6 Å². The van der Waals surface area contributed by atoms with E-state index in [-0.39, 0.29) is 5.91 Å². The molecule has 0 aliphatic heterocycles. The number of thiazole rings is 1. The summed E-state index contributed by atoms with van der Waals surface area (Å²) in [5, 5.41) is 4.86. The molecule has 0 unspecified atom stereocenters. The van der Waals surface area contributed by atoms with Crippen LogP contribution in [0.2, 0.25) is 0 Å². The predicted molar refractivity (Wildman–Crippen MR) is 114 cm³/mol. The number of pyridine rings is 1. The number of carbonyl (C=O) groups excluding carboxylic acids is 1. The smallest absolute Gasteiger partial charge is 0.257 e. The summed E-state index contributed by atoms with van der Waals surface area (Å²) in [4.78, 5) is 26.0. The summed E-state index contributed by atoms with van der Waals surface area (Å²) in [5.41, 5.74) is 5.22. The molecular weight excluding hydrogens is 368 g/mol. The Labute approximate surface area is 165 Å². The van der Waals surface area contributed by atoms with Crippen molar-refractivity contribution in [3.63, 3.8) is 0 Å². The van der Waals surface area contributed by atoms with Crippen molar-refractivity contribution in [3.05, 3.63) is 78.1 Å². The second kappa shape index (κ2) is 6.58. The van der Waals surface area contributed by atoms with Crippen molar-refractivity contribution in [2.45, 2.75) is 6.92 Å². The minimum atomic E-state index is -0.135. The Balaban J connectivity index is 1.51. The Kier molecular flexibility index (Phi) is 3.91. The third-order valence-corrected chi connectivity index (χ3v) is 5.83. The fourth-order valence-corrected chi connectivity index (χ4v) is 4.33. The number of benzene rings is 2. The fourth-order valence-electron chi connectivity index (χ4n) is 3.34. The largest absolute Gasteiger partial charge is 0.360 e. The lowest BCUT2D eigenvalue weighted by molar-refractivity contribution is 0.102. The molecule has 5 aromatic rings. The van der Waals surface area contributed by atoms with Crippen LogP contribution in [0.3, 0.4) is 0 Å². The number of H-pyrrole nitrogens is 1. The molecule has 0 radical (unpaired) electrons. The maximum absolute atomic E-state index is 12.9. The number of amides is 1. The van der Waals surface area contributed by atoms with E-state index in [9.17, 15) is 4.79 Å². The first-order valence-corrected chi connectivity index (χ1v) is 9.71. The van der Waals surface area contributed by atoms with Gasteiger partial charge in [-0.2, -0.15) is 0 Å². The number of rotatable bonds is 3. The second-order valence-electron chi connectivity index (χ2n) is 6.53. The molecule has 28 heavy (non-hydrogen) atoms. The molecule has 0 saturated carbocycles. The molecule has 3 aromatic heterocycles. The minimum absolute atomic E-state index is 0.135. The normalized spacial score (nSPS) is 11.2. The highest BCUT2D eigenvalue weighted by atomic mass is 32.1. The van der Waals surface area contributed by atoms with Crippen LogP contribution in [0.1, 0.15) is 15.9 Å². The van der Waals surface area contributed by atoms with Gasteiger partial charge in [-0.25, -0.2) is 9.97 Å². The molecule has 0 bridgehead atoms. The summed E-state index contributed by atoms with van der Waals surface area (Å²) in [7, 11) is 0. The lowest BCUT2D eigenvalue weighted by Crippen LogP contribution is -2.12. The van der Waals surface area contributed by atoms with Gasteiger partial charge in [-0.15, -0.1) is 0 Å².